The molecule has 1 heterocycles. The number of hydrogen-bond acceptors (Lipinski definition) is 3. The van der Waals surface area contributed by atoms with Crippen molar-refractivity contribution in [3.8, 4) is 0 Å². The predicted molar refractivity (Wildman–Crippen MR) is 113 cm³/mol. The van der Waals surface area contributed by atoms with Crippen molar-refractivity contribution in [1.82, 2.24) is 10.6 Å². The molecule has 0 spiro atoms. The molecule has 0 saturated heterocycles. The molecule has 0 aliphatic rings. The zero-order valence-electron chi connectivity index (χ0n) is 16.0. The van der Waals surface area contributed by atoms with Crippen molar-refractivity contribution in [2.24, 2.45) is 0 Å². The van der Waals surface area contributed by atoms with Crippen molar-refractivity contribution < 1.29 is 9.59 Å². The van der Waals surface area contributed by atoms with Crippen molar-refractivity contribution in [3.05, 3.63) is 93.7 Å². The van der Waals surface area contributed by atoms with Crippen LogP contribution >= 0.6 is 11.3 Å². The van der Waals surface area contributed by atoms with Gasteiger partial charge >= 0.3 is 0 Å². The molecule has 4 nitrogen and oxygen atoms in total. The zero-order chi connectivity index (χ0) is 19.9. The lowest BCUT2D eigenvalue weighted by molar-refractivity contribution is -0.121. The standard InChI is InChI=1S/C23H24N2O2S/c1-16-10-12-18(13-11-16)22(20-9-6-14-28-20)25-21(26)15-17(2)24-23(27)19-7-4-3-5-8-19/h3-14,17,22H,15H2,1-2H3,(H,24,27)(H,25,26). The SMILES string of the molecule is Cc1ccc(C(NC(=O)CC(C)NC(=O)c2ccccc2)c2cccs2)cc1. The monoisotopic (exact) mass is 392 g/mol. The van der Waals surface area contributed by atoms with Gasteiger partial charge < -0.3 is 10.6 Å². The highest BCUT2D eigenvalue weighted by molar-refractivity contribution is 7.10. The maximum Gasteiger partial charge on any atom is 0.251 e. The van der Waals surface area contributed by atoms with Crippen LogP contribution in [0.4, 0.5) is 0 Å². The summed E-state index contributed by atoms with van der Waals surface area (Å²) >= 11 is 1.61. The second-order valence-corrected chi connectivity index (χ2v) is 7.85. The molecular weight excluding hydrogens is 368 g/mol. The van der Waals surface area contributed by atoms with Crippen LogP contribution in [0.2, 0.25) is 0 Å². The van der Waals surface area contributed by atoms with Crippen LogP contribution in [0, 0.1) is 6.92 Å². The van der Waals surface area contributed by atoms with E-state index < -0.39 is 0 Å². The van der Waals surface area contributed by atoms with Crippen molar-refractivity contribution in [2.75, 3.05) is 0 Å². The Labute approximate surface area is 169 Å². The molecule has 2 atom stereocenters. The summed E-state index contributed by atoms with van der Waals surface area (Å²) in [5, 5.41) is 8.01. The number of hydrogen-bond donors (Lipinski definition) is 2. The maximum absolute atomic E-state index is 12.7. The van der Waals surface area contributed by atoms with Gasteiger partial charge in [-0.05, 0) is 43.0 Å². The Morgan fingerprint density at radius 2 is 1.64 bits per heavy atom. The molecule has 3 aromatic rings. The lowest BCUT2D eigenvalue weighted by Crippen LogP contribution is -2.38. The highest BCUT2D eigenvalue weighted by atomic mass is 32.1. The van der Waals surface area contributed by atoms with E-state index in [-0.39, 0.29) is 30.3 Å². The normalized spacial score (nSPS) is 12.8. The van der Waals surface area contributed by atoms with Gasteiger partial charge in [-0.3, -0.25) is 9.59 Å². The van der Waals surface area contributed by atoms with Gasteiger partial charge in [0.15, 0.2) is 0 Å². The second kappa shape index (κ2) is 9.33. The number of rotatable bonds is 7. The molecular formula is C23H24N2O2S. The quantitative estimate of drug-likeness (QED) is 0.623. The lowest BCUT2D eigenvalue weighted by Gasteiger charge is -2.20. The highest BCUT2D eigenvalue weighted by Crippen LogP contribution is 2.26. The van der Waals surface area contributed by atoms with Gasteiger partial charge in [0.25, 0.3) is 5.91 Å². The first kappa shape index (κ1) is 19.8. The highest BCUT2D eigenvalue weighted by Gasteiger charge is 2.20. The van der Waals surface area contributed by atoms with E-state index in [4.69, 9.17) is 0 Å². The van der Waals surface area contributed by atoms with E-state index in [9.17, 15) is 9.59 Å². The van der Waals surface area contributed by atoms with E-state index in [1.807, 2.05) is 73.8 Å². The van der Waals surface area contributed by atoms with Crippen LogP contribution in [0.15, 0.2) is 72.1 Å². The molecule has 3 rings (SSSR count). The fourth-order valence-electron chi connectivity index (χ4n) is 2.98. The number of carbonyl (C=O) groups excluding carboxylic acids is 2. The van der Waals surface area contributed by atoms with Gasteiger partial charge in [-0.2, -0.15) is 0 Å². The van der Waals surface area contributed by atoms with Crippen LogP contribution in [0.25, 0.3) is 0 Å². The topological polar surface area (TPSA) is 58.2 Å². The molecule has 0 fully saturated rings. The Kier molecular flexibility index (Phi) is 6.61. The summed E-state index contributed by atoms with van der Waals surface area (Å²) in [4.78, 5) is 26.0. The van der Waals surface area contributed by atoms with Crippen molar-refractivity contribution >= 4 is 23.2 Å². The molecule has 0 bridgehead atoms. The Hall–Kier alpha value is -2.92. The van der Waals surface area contributed by atoms with E-state index in [0.717, 1.165) is 10.4 Å². The third-order valence-corrected chi connectivity index (χ3v) is 5.39. The lowest BCUT2D eigenvalue weighted by atomic mass is 10.0. The average molecular weight is 393 g/mol. The summed E-state index contributed by atoms with van der Waals surface area (Å²) in [5.74, 6) is -0.269. The van der Waals surface area contributed by atoms with Crippen molar-refractivity contribution in [3.63, 3.8) is 0 Å². The van der Waals surface area contributed by atoms with Crippen molar-refractivity contribution in [2.45, 2.75) is 32.4 Å². The zero-order valence-corrected chi connectivity index (χ0v) is 16.8. The van der Waals surface area contributed by atoms with Gasteiger partial charge in [0.2, 0.25) is 5.91 Å². The van der Waals surface area contributed by atoms with Gasteiger partial charge in [0, 0.05) is 22.9 Å². The molecule has 0 saturated carbocycles. The van der Waals surface area contributed by atoms with Gasteiger partial charge in [-0.1, -0.05) is 54.1 Å². The molecule has 144 valence electrons. The van der Waals surface area contributed by atoms with Gasteiger partial charge in [-0.15, -0.1) is 11.3 Å². The Balaban J connectivity index is 1.63. The minimum Gasteiger partial charge on any atom is -0.349 e. The minimum absolute atomic E-state index is 0.0974. The summed E-state index contributed by atoms with van der Waals surface area (Å²) in [7, 11) is 0. The predicted octanol–water partition coefficient (Wildman–Crippen LogP) is 4.47. The first-order valence-electron chi connectivity index (χ1n) is 9.28. The molecule has 0 radical (unpaired) electrons. The largest absolute Gasteiger partial charge is 0.349 e. The first-order valence-corrected chi connectivity index (χ1v) is 10.2. The van der Waals surface area contributed by atoms with E-state index in [1.165, 1.54) is 5.56 Å². The van der Waals surface area contributed by atoms with Crippen LogP contribution in [0.5, 0.6) is 0 Å². The number of benzene rings is 2. The minimum atomic E-state index is -0.269. The molecule has 5 heteroatoms. The average Bonchev–Trinajstić information content (AvgIpc) is 3.22. The molecule has 2 unspecified atom stereocenters. The third kappa shape index (κ3) is 5.30. The van der Waals surface area contributed by atoms with Gasteiger partial charge in [0.1, 0.15) is 0 Å². The smallest absolute Gasteiger partial charge is 0.251 e. The number of aryl methyl sites for hydroxylation is 1. The fraction of sp³-hybridized carbons (Fsp3) is 0.217. The summed E-state index contributed by atoms with van der Waals surface area (Å²) in [6.07, 6.45) is 0.215. The van der Waals surface area contributed by atoms with Crippen LogP contribution in [-0.4, -0.2) is 17.9 Å². The number of thiophene rings is 1. The Bertz CT molecular complexity index is 906. The number of amides is 2. The molecule has 1 aromatic heterocycles. The molecule has 0 aliphatic carbocycles. The Morgan fingerprint density at radius 3 is 2.29 bits per heavy atom. The first-order chi connectivity index (χ1) is 13.5. The molecule has 28 heavy (non-hydrogen) atoms. The molecule has 2 amide bonds. The van der Waals surface area contributed by atoms with Crippen LogP contribution in [0.1, 0.15) is 45.7 Å². The third-order valence-electron chi connectivity index (χ3n) is 4.45. The van der Waals surface area contributed by atoms with Gasteiger partial charge in [0.05, 0.1) is 6.04 Å². The van der Waals surface area contributed by atoms with Crippen LogP contribution in [-0.2, 0) is 4.79 Å². The molecule has 0 aliphatic heterocycles. The Morgan fingerprint density at radius 1 is 0.929 bits per heavy atom. The van der Waals surface area contributed by atoms with Crippen LogP contribution < -0.4 is 10.6 Å². The van der Waals surface area contributed by atoms with E-state index in [0.29, 0.717) is 5.56 Å². The fourth-order valence-corrected chi connectivity index (χ4v) is 3.78. The van der Waals surface area contributed by atoms with E-state index in [2.05, 4.69) is 10.6 Å². The van der Waals surface area contributed by atoms with E-state index in [1.54, 1.807) is 23.5 Å². The van der Waals surface area contributed by atoms with Crippen molar-refractivity contribution in [1.29, 1.82) is 0 Å². The number of carbonyl (C=O) groups is 2. The summed E-state index contributed by atoms with van der Waals surface area (Å²) < 4.78 is 0. The summed E-state index contributed by atoms with van der Waals surface area (Å²) in [5.41, 5.74) is 2.81. The summed E-state index contributed by atoms with van der Waals surface area (Å²) in [6, 6.07) is 20.7. The number of nitrogens with one attached hydrogen (secondary N) is 2. The second-order valence-electron chi connectivity index (χ2n) is 6.87. The molecule has 2 aromatic carbocycles. The van der Waals surface area contributed by atoms with Gasteiger partial charge in [-0.25, -0.2) is 0 Å². The van der Waals surface area contributed by atoms with E-state index >= 15 is 0 Å². The van der Waals surface area contributed by atoms with Crippen LogP contribution in [0.3, 0.4) is 0 Å². The maximum atomic E-state index is 12.7. The summed E-state index contributed by atoms with van der Waals surface area (Å²) in [6.45, 7) is 3.88. The molecule has 2 N–H and O–H groups in total.